The van der Waals surface area contributed by atoms with E-state index in [1.54, 1.807) is 13.8 Å². The second-order valence-corrected chi connectivity index (χ2v) is 5.26. The number of phosphoric acid groups is 1. The molecule has 6 nitrogen and oxygen atoms in total. The maximum atomic E-state index is 12.1. The molecule has 0 aromatic rings. The van der Waals surface area contributed by atoms with Crippen LogP contribution in [0.5, 0.6) is 0 Å². The smallest absolute Gasteiger partial charge is 0.450 e. The summed E-state index contributed by atoms with van der Waals surface area (Å²) >= 11 is 0. The number of rotatable bonds is 8. The van der Waals surface area contributed by atoms with Gasteiger partial charge in [0, 0.05) is 0 Å². The maximum Gasteiger partial charge on any atom is 0.475 e. The lowest BCUT2D eigenvalue weighted by Gasteiger charge is -2.26. The van der Waals surface area contributed by atoms with Crippen molar-refractivity contribution in [1.82, 2.24) is 0 Å². The van der Waals surface area contributed by atoms with Gasteiger partial charge in [-0.05, 0) is 27.7 Å². The van der Waals surface area contributed by atoms with Gasteiger partial charge in [0.2, 0.25) is 0 Å². The average Bonchev–Trinajstić information content (AvgIpc) is 2.25. The highest BCUT2D eigenvalue weighted by atomic mass is 31.2. The molecule has 104 valence electrons. The predicted molar refractivity (Wildman–Crippen MR) is 65.8 cm³/mol. The second kappa shape index (κ2) is 7.55. The minimum atomic E-state index is -3.78. The quantitative estimate of drug-likeness (QED) is 0.385. The summed E-state index contributed by atoms with van der Waals surface area (Å²) < 4.78 is 31.8. The van der Waals surface area contributed by atoms with Gasteiger partial charge in [0.1, 0.15) is 0 Å². The van der Waals surface area contributed by atoms with Gasteiger partial charge < -0.3 is 4.74 Å². The molecule has 0 fully saturated rings. The van der Waals surface area contributed by atoms with Crippen molar-refractivity contribution in [2.75, 3.05) is 19.8 Å². The molecule has 0 N–H and O–H groups in total. The Morgan fingerprint density at radius 3 is 2.17 bits per heavy atom. The SMILES string of the molecule is C#CCOC(=O)C(C)(C)OP(=O)(OCC)OCC. The first-order valence-corrected chi connectivity index (χ1v) is 6.98. The molecule has 0 atom stereocenters. The van der Waals surface area contributed by atoms with Crippen molar-refractivity contribution in [3.63, 3.8) is 0 Å². The van der Waals surface area contributed by atoms with Crippen LogP contribution >= 0.6 is 7.82 Å². The van der Waals surface area contributed by atoms with Crippen LogP contribution in [0.3, 0.4) is 0 Å². The number of phosphoric ester groups is 1. The molecule has 0 saturated carbocycles. The summed E-state index contributed by atoms with van der Waals surface area (Å²) in [5.74, 6) is 1.42. The fourth-order valence-corrected chi connectivity index (χ4v) is 2.45. The van der Waals surface area contributed by atoms with Gasteiger partial charge in [-0.15, -0.1) is 6.42 Å². The van der Waals surface area contributed by atoms with E-state index in [-0.39, 0.29) is 19.8 Å². The molecule has 0 aliphatic heterocycles. The van der Waals surface area contributed by atoms with Crippen LogP contribution in [-0.4, -0.2) is 31.4 Å². The molecule has 0 heterocycles. The summed E-state index contributed by atoms with van der Waals surface area (Å²) in [4.78, 5) is 11.6. The Kier molecular flexibility index (Phi) is 7.19. The molecule has 0 radical (unpaired) electrons. The summed E-state index contributed by atoms with van der Waals surface area (Å²) in [6, 6.07) is 0. The van der Waals surface area contributed by atoms with E-state index in [1.807, 2.05) is 0 Å². The zero-order valence-electron chi connectivity index (χ0n) is 11.1. The van der Waals surface area contributed by atoms with Gasteiger partial charge in [-0.1, -0.05) is 5.92 Å². The van der Waals surface area contributed by atoms with Crippen LogP contribution < -0.4 is 0 Å². The number of hydrogen-bond acceptors (Lipinski definition) is 6. The van der Waals surface area contributed by atoms with Crippen molar-refractivity contribution >= 4 is 13.8 Å². The van der Waals surface area contributed by atoms with Crippen molar-refractivity contribution < 1.29 is 27.7 Å². The molecule has 0 saturated heterocycles. The molecule has 0 rings (SSSR count). The van der Waals surface area contributed by atoms with E-state index in [0.717, 1.165) is 0 Å². The Morgan fingerprint density at radius 1 is 1.28 bits per heavy atom. The van der Waals surface area contributed by atoms with E-state index in [1.165, 1.54) is 13.8 Å². The van der Waals surface area contributed by atoms with E-state index in [2.05, 4.69) is 5.92 Å². The van der Waals surface area contributed by atoms with E-state index in [9.17, 15) is 9.36 Å². The molecular weight excluding hydrogens is 259 g/mol. The molecule has 0 spiro atoms. The predicted octanol–water partition coefficient (Wildman–Crippen LogP) is 2.14. The summed E-state index contributed by atoms with van der Waals surface area (Å²) in [6.07, 6.45) is 4.97. The Morgan fingerprint density at radius 2 is 1.78 bits per heavy atom. The normalized spacial score (nSPS) is 11.9. The minimum absolute atomic E-state index is 0.132. The zero-order valence-corrected chi connectivity index (χ0v) is 12.0. The number of carbonyl (C=O) groups is 1. The Labute approximate surface area is 108 Å². The van der Waals surface area contributed by atoms with Crippen LogP contribution in [0, 0.1) is 12.3 Å². The lowest BCUT2D eigenvalue weighted by atomic mass is 10.1. The average molecular weight is 278 g/mol. The molecule has 0 bridgehead atoms. The highest BCUT2D eigenvalue weighted by Crippen LogP contribution is 2.52. The summed E-state index contributed by atoms with van der Waals surface area (Å²) in [5, 5.41) is 0. The summed E-state index contributed by atoms with van der Waals surface area (Å²) in [7, 11) is -3.78. The number of terminal acetylenes is 1. The summed E-state index contributed by atoms with van der Waals surface area (Å²) in [6.45, 7) is 6.16. The van der Waals surface area contributed by atoms with Crippen LogP contribution in [0.15, 0.2) is 0 Å². The highest BCUT2D eigenvalue weighted by Gasteiger charge is 2.40. The van der Waals surface area contributed by atoms with Crippen molar-refractivity contribution in [2.45, 2.75) is 33.3 Å². The number of carbonyl (C=O) groups excluding carboxylic acids is 1. The molecule has 0 aliphatic carbocycles. The van der Waals surface area contributed by atoms with Crippen molar-refractivity contribution in [2.24, 2.45) is 0 Å². The standard InChI is InChI=1S/C11H19O6P/c1-6-9-14-10(12)11(4,5)17-18(13,15-7-2)16-8-3/h1H,7-9H2,2-5H3. The minimum Gasteiger partial charge on any atom is -0.450 e. The second-order valence-electron chi connectivity index (χ2n) is 3.66. The number of esters is 1. The van der Waals surface area contributed by atoms with Gasteiger partial charge >= 0.3 is 13.8 Å². The molecular formula is C11H19O6P. The van der Waals surface area contributed by atoms with Gasteiger partial charge in [-0.2, -0.15) is 0 Å². The lowest BCUT2D eigenvalue weighted by Crippen LogP contribution is -2.36. The van der Waals surface area contributed by atoms with E-state index < -0.39 is 19.4 Å². The van der Waals surface area contributed by atoms with Crippen molar-refractivity contribution in [1.29, 1.82) is 0 Å². The van der Waals surface area contributed by atoms with Gasteiger partial charge in [0.25, 0.3) is 0 Å². The highest BCUT2D eigenvalue weighted by molar-refractivity contribution is 7.48. The van der Waals surface area contributed by atoms with E-state index in [0.29, 0.717) is 0 Å². The van der Waals surface area contributed by atoms with Crippen LogP contribution in [-0.2, 0) is 27.7 Å². The molecule has 0 amide bonds. The van der Waals surface area contributed by atoms with Crippen molar-refractivity contribution in [3.05, 3.63) is 0 Å². The van der Waals surface area contributed by atoms with E-state index >= 15 is 0 Å². The molecule has 0 aliphatic rings. The van der Waals surface area contributed by atoms with Gasteiger partial charge in [-0.3, -0.25) is 13.6 Å². The fourth-order valence-electron chi connectivity index (χ4n) is 1.00. The monoisotopic (exact) mass is 278 g/mol. The third-order valence-electron chi connectivity index (χ3n) is 1.69. The maximum absolute atomic E-state index is 12.1. The molecule has 0 aromatic heterocycles. The number of hydrogen-bond donors (Lipinski definition) is 0. The largest absolute Gasteiger partial charge is 0.475 e. The van der Waals surface area contributed by atoms with E-state index in [4.69, 9.17) is 24.7 Å². The molecule has 0 unspecified atom stereocenters. The van der Waals surface area contributed by atoms with Gasteiger partial charge in [-0.25, -0.2) is 9.36 Å². The molecule has 0 aromatic carbocycles. The Balaban J connectivity index is 4.75. The molecule has 18 heavy (non-hydrogen) atoms. The van der Waals surface area contributed by atoms with Crippen molar-refractivity contribution in [3.8, 4) is 12.3 Å². The first kappa shape index (κ1) is 17.1. The number of ether oxygens (including phenoxy) is 1. The van der Waals surface area contributed by atoms with Crippen LogP contribution in [0.4, 0.5) is 0 Å². The third-order valence-corrected chi connectivity index (χ3v) is 3.52. The third kappa shape index (κ3) is 5.65. The lowest BCUT2D eigenvalue weighted by molar-refractivity contribution is -0.159. The van der Waals surface area contributed by atoms with Gasteiger partial charge in [0.15, 0.2) is 12.2 Å². The van der Waals surface area contributed by atoms with Crippen LogP contribution in [0.25, 0.3) is 0 Å². The van der Waals surface area contributed by atoms with Gasteiger partial charge in [0.05, 0.1) is 13.2 Å². The summed E-state index contributed by atoms with van der Waals surface area (Å²) in [5.41, 5.74) is -1.48. The zero-order chi connectivity index (χ0) is 14.2. The Bertz CT molecular complexity index is 347. The first-order valence-electron chi connectivity index (χ1n) is 5.52. The topological polar surface area (TPSA) is 71.1 Å². The molecule has 7 heteroatoms. The van der Waals surface area contributed by atoms with Crippen LogP contribution in [0.1, 0.15) is 27.7 Å². The fraction of sp³-hybridized carbons (Fsp3) is 0.727. The first-order chi connectivity index (χ1) is 8.31. The Hall–Kier alpha value is -0.860. The van der Waals surface area contributed by atoms with Crippen LogP contribution in [0.2, 0.25) is 0 Å².